The molecule has 0 unspecified atom stereocenters. The highest BCUT2D eigenvalue weighted by atomic mass is 19.4. The average molecular weight is 396 g/mol. The first kappa shape index (κ1) is 19.7. The number of likely N-dealkylation sites (tertiary alicyclic amines) is 1. The van der Waals surface area contributed by atoms with E-state index >= 15 is 0 Å². The number of benzene rings is 1. The monoisotopic (exact) mass is 396 g/mol. The molecule has 0 atom stereocenters. The van der Waals surface area contributed by atoms with Crippen molar-refractivity contribution in [2.45, 2.75) is 50.7 Å². The minimum absolute atomic E-state index is 0.170. The van der Waals surface area contributed by atoms with E-state index < -0.39 is 11.7 Å². The Morgan fingerprint density at radius 3 is 2.50 bits per heavy atom. The van der Waals surface area contributed by atoms with Gasteiger partial charge in [0.2, 0.25) is 5.91 Å². The molecule has 0 saturated carbocycles. The normalized spacial score (nSPS) is 23.2. The third-order valence-electron chi connectivity index (χ3n) is 6.61. The van der Waals surface area contributed by atoms with Crippen LogP contribution in [0.4, 0.5) is 18.9 Å². The van der Waals surface area contributed by atoms with Crippen molar-refractivity contribution in [2.75, 3.05) is 37.7 Å². The molecular formula is C21H27F3N2O2. The number of amides is 1. The highest BCUT2D eigenvalue weighted by Gasteiger charge is 2.48. The molecule has 0 N–H and O–H groups in total. The molecule has 154 valence electrons. The van der Waals surface area contributed by atoms with Crippen molar-refractivity contribution in [1.29, 1.82) is 0 Å². The van der Waals surface area contributed by atoms with Crippen LogP contribution in [0, 0.1) is 5.92 Å². The van der Waals surface area contributed by atoms with E-state index in [1.807, 2.05) is 0 Å². The SMILES string of the molecule is CC(=O)N1c2cc(C(F)(F)F)ccc2CC12CCN(CC1CCOCC1)CC2. The second-order valence-corrected chi connectivity index (χ2v) is 8.45. The molecule has 1 aromatic rings. The van der Waals surface area contributed by atoms with Gasteiger partial charge in [-0.1, -0.05) is 6.07 Å². The quantitative estimate of drug-likeness (QED) is 0.761. The van der Waals surface area contributed by atoms with Gasteiger partial charge in [0, 0.05) is 45.5 Å². The molecule has 0 radical (unpaired) electrons. The zero-order valence-corrected chi connectivity index (χ0v) is 16.2. The summed E-state index contributed by atoms with van der Waals surface area (Å²) in [6.45, 7) is 5.92. The zero-order chi connectivity index (χ0) is 19.9. The van der Waals surface area contributed by atoms with E-state index in [0.29, 0.717) is 18.0 Å². The number of alkyl halides is 3. The topological polar surface area (TPSA) is 32.8 Å². The van der Waals surface area contributed by atoms with Crippen LogP contribution in [0.5, 0.6) is 0 Å². The molecule has 1 aromatic carbocycles. The Morgan fingerprint density at radius 1 is 1.21 bits per heavy atom. The fourth-order valence-corrected chi connectivity index (χ4v) is 5.14. The standard InChI is InChI=1S/C21H27F3N2O2/c1-15(27)26-19-12-18(21(22,23)24)3-2-17(19)13-20(26)6-8-25(9-7-20)14-16-4-10-28-11-5-16/h2-3,12,16H,4-11,13-14H2,1H3. The van der Waals surface area contributed by atoms with Gasteiger partial charge in [0.15, 0.2) is 0 Å². The van der Waals surface area contributed by atoms with Crippen LogP contribution in [0.2, 0.25) is 0 Å². The predicted molar refractivity (Wildman–Crippen MR) is 100 cm³/mol. The Morgan fingerprint density at radius 2 is 1.89 bits per heavy atom. The summed E-state index contributed by atoms with van der Waals surface area (Å²) in [6.07, 6.45) is 0.0168. The molecule has 3 aliphatic heterocycles. The molecule has 28 heavy (non-hydrogen) atoms. The molecule has 3 heterocycles. The summed E-state index contributed by atoms with van der Waals surface area (Å²) < 4.78 is 45.0. The lowest BCUT2D eigenvalue weighted by Crippen LogP contribution is -2.56. The van der Waals surface area contributed by atoms with Crippen LogP contribution in [-0.2, 0) is 22.1 Å². The van der Waals surface area contributed by atoms with E-state index in [1.54, 1.807) is 11.0 Å². The summed E-state index contributed by atoms with van der Waals surface area (Å²) in [5.74, 6) is 0.484. The van der Waals surface area contributed by atoms with Crippen LogP contribution in [0.25, 0.3) is 0 Å². The summed E-state index contributed by atoms with van der Waals surface area (Å²) >= 11 is 0. The molecule has 4 rings (SSSR count). The average Bonchev–Trinajstić information content (AvgIpc) is 2.97. The van der Waals surface area contributed by atoms with Crippen LogP contribution in [0.3, 0.4) is 0 Å². The molecule has 2 saturated heterocycles. The molecule has 3 aliphatic rings. The Labute approximate surface area is 163 Å². The summed E-state index contributed by atoms with van der Waals surface area (Å²) in [5, 5.41) is 0. The Hall–Kier alpha value is -1.60. The number of hydrogen-bond donors (Lipinski definition) is 0. The van der Waals surface area contributed by atoms with Crippen molar-refractivity contribution in [3.63, 3.8) is 0 Å². The number of carbonyl (C=O) groups is 1. The van der Waals surface area contributed by atoms with Crippen LogP contribution in [-0.4, -0.2) is 49.2 Å². The summed E-state index contributed by atoms with van der Waals surface area (Å²) in [5.41, 5.74) is 0.220. The van der Waals surface area contributed by atoms with Crippen LogP contribution >= 0.6 is 0 Å². The van der Waals surface area contributed by atoms with Crippen molar-refractivity contribution in [2.24, 2.45) is 5.92 Å². The lowest BCUT2D eigenvalue weighted by atomic mass is 9.83. The van der Waals surface area contributed by atoms with Gasteiger partial charge in [-0.3, -0.25) is 4.79 Å². The molecule has 1 spiro atoms. The summed E-state index contributed by atoms with van der Waals surface area (Å²) in [6, 6.07) is 3.84. The Balaban J connectivity index is 1.51. The van der Waals surface area contributed by atoms with Gasteiger partial charge in [-0.15, -0.1) is 0 Å². The molecule has 1 amide bonds. The lowest BCUT2D eigenvalue weighted by Gasteiger charge is -2.45. The lowest BCUT2D eigenvalue weighted by molar-refractivity contribution is -0.137. The van der Waals surface area contributed by atoms with Crippen LogP contribution in [0.1, 0.15) is 43.7 Å². The van der Waals surface area contributed by atoms with Crippen molar-refractivity contribution in [3.8, 4) is 0 Å². The van der Waals surface area contributed by atoms with E-state index in [0.717, 1.165) is 76.2 Å². The Kier molecular flexibility index (Phi) is 5.16. The van der Waals surface area contributed by atoms with Crippen molar-refractivity contribution < 1.29 is 22.7 Å². The number of halogens is 3. The number of hydrogen-bond acceptors (Lipinski definition) is 3. The van der Waals surface area contributed by atoms with Gasteiger partial charge in [0.05, 0.1) is 11.1 Å². The predicted octanol–water partition coefficient (Wildman–Crippen LogP) is 3.88. The van der Waals surface area contributed by atoms with Gasteiger partial charge >= 0.3 is 6.18 Å². The number of anilines is 1. The third-order valence-corrected chi connectivity index (χ3v) is 6.61. The maximum Gasteiger partial charge on any atom is 0.416 e. The van der Waals surface area contributed by atoms with E-state index in [9.17, 15) is 18.0 Å². The second kappa shape index (κ2) is 7.34. The minimum Gasteiger partial charge on any atom is -0.381 e. The van der Waals surface area contributed by atoms with Gasteiger partial charge in [-0.2, -0.15) is 13.2 Å². The number of fused-ring (bicyclic) bond motifs is 1. The molecule has 0 aromatic heterocycles. The number of nitrogens with zero attached hydrogens (tertiary/aromatic N) is 2. The first-order chi connectivity index (χ1) is 13.3. The minimum atomic E-state index is -4.40. The van der Waals surface area contributed by atoms with Crippen molar-refractivity contribution in [3.05, 3.63) is 29.3 Å². The number of piperidine rings is 1. The van der Waals surface area contributed by atoms with Crippen LogP contribution < -0.4 is 4.90 Å². The van der Waals surface area contributed by atoms with Crippen molar-refractivity contribution in [1.82, 2.24) is 4.90 Å². The Bertz CT molecular complexity index is 736. The van der Waals surface area contributed by atoms with Crippen LogP contribution in [0.15, 0.2) is 18.2 Å². The van der Waals surface area contributed by atoms with Gasteiger partial charge in [0.1, 0.15) is 0 Å². The molecule has 0 bridgehead atoms. The number of ether oxygens (including phenoxy) is 1. The number of carbonyl (C=O) groups excluding carboxylic acids is 1. The van der Waals surface area contributed by atoms with E-state index in [1.165, 1.54) is 6.92 Å². The highest BCUT2D eigenvalue weighted by Crippen LogP contribution is 2.46. The molecule has 2 fully saturated rings. The highest BCUT2D eigenvalue weighted by molar-refractivity contribution is 5.96. The van der Waals surface area contributed by atoms with E-state index in [-0.39, 0.29) is 11.4 Å². The maximum absolute atomic E-state index is 13.2. The molecular weight excluding hydrogens is 369 g/mol. The fourth-order valence-electron chi connectivity index (χ4n) is 5.14. The fraction of sp³-hybridized carbons (Fsp3) is 0.667. The van der Waals surface area contributed by atoms with E-state index in [2.05, 4.69) is 4.90 Å². The third kappa shape index (κ3) is 3.66. The van der Waals surface area contributed by atoms with Gasteiger partial charge in [0.25, 0.3) is 0 Å². The zero-order valence-electron chi connectivity index (χ0n) is 16.2. The first-order valence-electron chi connectivity index (χ1n) is 10.1. The smallest absolute Gasteiger partial charge is 0.381 e. The van der Waals surface area contributed by atoms with Gasteiger partial charge in [-0.25, -0.2) is 0 Å². The molecule has 7 heteroatoms. The summed E-state index contributed by atoms with van der Waals surface area (Å²) in [7, 11) is 0. The van der Waals surface area contributed by atoms with E-state index in [4.69, 9.17) is 4.74 Å². The maximum atomic E-state index is 13.2. The molecule has 0 aliphatic carbocycles. The van der Waals surface area contributed by atoms with Crippen molar-refractivity contribution >= 4 is 11.6 Å². The second-order valence-electron chi connectivity index (χ2n) is 8.45. The van der Waals surface area contributed by atoms with Gasteiger partial charge in [-0.05, 0) is 55.7 Å². The number of rotatable bonds is 2. The first-order valence-corrected chi connectivity index (χ1v) is 10.1. The largest absolute Gasteiger partial charge is 0.416 e. The molecule has 4 nitrogen and oxygen atoms in total. The summed E-state index contributed by atoms with van der Waals surface area (Å²) in [4.78, 5) is 16.6. The van der Waals surface area contributed by atoms with Gasteiger partial charge < -0.3 is 14.5 Å².